The molecule has 0 saturated carbocycles. The van der Waals surface area contributed by atoms with Gasteiger partial charge in [-0.1, -0.05) is 5.16 Å². The average Bonchev–Trinajstić information content (AvgIpc) is 2.76. The van der Waals surface area contributed by atoms with Crippen molar-refractivity contribution in [1.82, 2.24) is 15.4 Å². The summed E-state index contributed by atoms with van der Waals surface area (Å²) in [5.41, 5.74) is 0.851. The molecule has 1 unspecified atom stereocenters. The maximum Gasteiger partial charge on any atom is 0.324 e. The number of aryl methyl sites for hydroxylation is 1. The number of aromatic nitrogens is 1. The molecule has 1 aromatic rings. The highest BCUT2D eigenvalue weighted by Crippen LogP contribution is 2.11. The van der Waals surface area contributed by atoms with Gasteiger partial charge in [-0.3, -0.25) is 9.69 Å². The lowest BCUT2D eigenvalue weighted by molar-refractivity contribution is -0.150. The monoisotopic (exact) mass is 253 g/mol. The minimum Gasteiger partial charge on any atom is -0.465 e. The average molecular weight is 253 g/mol. The van der Waals surface area contributed by atoms with Crippen LogP contribution in [0, 0.1) is 6.92 Å². The third-order valence-corrected chi connectivity index (χ3v) is 2.95. The van der Waals surface area contributed by atoms with E-state index in [0.717, 1.165) is 24.5 Å². The molecule has 6 heteroatoms. The third-order valence-electron chi connectivity index (χ3n) is 2.95. The van der Waals surface area contributed by atoms with E-state index in [1.165, 1.54) is 0 Å². The topological polar surface area (TPSA) is 67.6 Å². The zero-order valence-electron chi connectivity index (χ0n) is 10.8. The van der Waals surface area contributed by atoms with Crippen molar-refractivity contribution in [3.8, 4) is 0 Å². The van der Waals surface area contributed by atoms with Crippen LogP contribution >= 0.6 is 0 Å². The molecule has 0 aromatic carbocycles. The molecule has 100 valence electrons. The van der Waals surface area contributed by atoms with Crippen molar-refractivity contribution in [3.05, 3.63) is 17.5 Å². The molecule has 1 aliphatic rings. The minimum atomic E-state index is -0.240. The van der Waals surface area contributed by atoms with Crippen molar-refractivity contribution in [3.63, 3.8) is 0 Å². The predicted octanol–water partition coefficient (Wildman–Crippen LogP) is 0.320. The molecular weight excluding hydrogens is 234 g/mol. The highest BCUT2D eigenvalue weighted by molar-refractivity contribution is 5.76. The van der Waals surface area contributed by atoms with Gasteiger partial charge in [0.1, 0.15) is 11.8 Å². The first-order chi connectivity index (χ1) is 8.70. The summed E-state index contributed by atoms with van der Waals surface area (Å²) >= 11 is 0. The van der Waals surface area contributed by atoms with Crippen LogP contribution in [0.2, 0.25) is 0 Å². The Bertz CT molecular complexity index is 405. The summed E-state index contributed by atoms with van der Waals surface area (Å²) in [7, 11) is 0. The van der Waals surface area contributed by atoms with E-state index in [4.69, 9.17) is 9.26 Å². The molecule has 18 heavy (non-hydrogen) atoms. The minimum absolute atomic E-state index is 0.176. The van der Waals surface area contributed by atoms with Crippen molar-refractivity contribution in [2.24, 2.45) is 0 Å². The van der Waals surface area contributed by atoms with Gasteiger partial charge in [0, 0.05) is 32.2 Å². The number of rotatable bonds is 4. The first-order valence-corrected chi connectivity index (χ1v) is 6.24. The Balaban J connectivity index is 2.01. The highest BCUT2D eigenvalue weighted by Gasteiger charge is 2.30. The molecular formula is C12H19N3O3. The number of esters is 1. The van der Waals surface area contributed by atoms with Gasteiger partial charge in [0.25, 0.3) is 0 Å². The number of carbonyl (C=O) groups excluding carboxylic acids is 1. The number of nitrogens with zero attached hydrogens (tertiary/aromatic N) is 2. The molecule has 1 aliphatic heterocycles. The molecule has 1 N–H and O–H groups in total. The van der Waals surface area contributed by atoms with Crippen molar-refractivity contribution >= 4 is 5.97 Å². The van der Waals surface area contributed by atoms with Gasteiger partial charge >= 0.3 is 5.97 Å². The fourth-order valence-electron chi connectivity index (χ4n) is 2.11. The smallest absolute Gasteiger partial charge is 0.324 e. The number of ether oxygens (including phenoxy) is 1. The van der Waals surface area contributed by atoms with Gasteiger partial charge in [0.2, 0.25) is 0 Å². The third kappa shape index (κ3) is 3.08. The standard InChI is InChI=1S/C12H19N3O3/c1-3-17-12(16)11-7-13-4-5-15(11)8-10-6-9(2)18-14-10/h6,11,13H,3-5,7-8H2,1-2H3. The van der Waals surface area contributed by atoms with E-state index < -0.39 is 0 Å². The van der Waals surface area contributed by atoms with Gasteiger partial charge in [-0.15, -0.1) is 0 Å². The van der Waals surface area contributed by atoms with Gasteiger partial charge < -0.3 is 14.6 Å². The van der Waals surface area contributed by atoms with E-state index in [0.29, 0.717) is 19.7 Å². The quantitative estimate of drug-likeness (QED) is 0.779. The normalized spacial score (nSPS) is 20.9. The van der Waals surface area contributed by atoms with Crippen molar-refractivity contribution in [2.75, 3.05) is 26.2 Å². The van der Waals surface area contributed by atoms with E-state index in [2.05, 4.69) is 15.4 Å². The van der Waals surface area contributed by atoms with Gasteiger partial charge in [0.15, 0.2) is 0 Å². The van der Waals surface area contributed by atoms with Gasteiger partial charge in [-0.05, 0) is 13.8 Å². The molecule has 1 atom stereocenters. The van der Waals surface area contributed by atoms with Crippen LogP contribution in [0.3, 0.4) is 0 Å². The molecule has 1 saturated heterocycles. The second-order valence-corrected chi connectivity index (χ2v) is 4.37. The van der Waals surface area contributed by atoms with Crippen LogP contribution < -0.4 is 5.32 Å². The Morgan fingerprint density at radius 1 is 1.72 bits per heavy atom. The number of piperazine rings is 1. The van der Waals surface area contributed by atoms with Gasteiger partial charge in [-0.25, -0.2) is 0 Å². The second-order valence-electron chi connectivity index (χ2n) is 4.37. The maximum atomic E-state index is 11.9. The number of hydrogen-bond acceptors (Lipinski definition) is 6. The SMILES string of the molecule is CCOC(=O)C1CNCCN1Cc1cc(C)on1. The summed E-state index contributed by atoms with van der Waals surface area (Å²) in [6.45, 7) is 6.99. The lowest BCUT2D eigenvalue weighted by atomic mass is 10.2. The lowest BCUT2D eigenvalue weighted by Crippen LogP contribution is -2.54. The number of hydrogen-bond donors (Lipinski definition) is 1. The van der Waals surface area contributed by atoms with Crippen LogP contribution in [0.4, 0.5) is 0 Å². The van der Waals surface area contributed by atoms with Gasteiger partial charge in [0.05, 0.1) is 12.3 Å². The molecule has 0 spiro atoms. The Labute approximate surface area is 106 Å². The van der Waals surface area contributed by atoms with Crippen LogP contribution in [-0.4, -0.2) is 48.3 Å². The summed E-state index contributed by atoms with van der Waals surface area (Å²) in [4.78, 5) is 13.9. The van der Waals surface area contributed by atoms with Crippen LogP contribution in [-0.2, 0) is 16.1 Å². The zero-order valence-corrected chi connectivity index (χ0v) is 10.8. The van der Waals surface area contributed by atoms with Crippen molar-refractivity contribution < 1.29 is 14.1 Å². The highest BCUT2D eigenvalue weighted by atomic mass is 16.5. The first kappa shape index (κ1) is 13.0. The number of carbonyl (C=O) groups is 1. The molecule has 0 amide bonds. The zero-order chi connectivity index (χ0) is 13.0. The fourth-order valence-corrected chi connectivity index (χ4v) is 2.11. The Morgan fingerprint density at radius 2 is 2.56 bits per heavy atom. The predicted molar refractivity (Wildman–Crippen MR) is 64.9 cm³/mol. The lowest BCUT2D eigenvalue weighted by Gasteiger charge is -2.33. The van der Waals surface area contributed by atoms with Crippen LogP contribution in [0.5, 0.6) is 0 Å². The molecule has 6 nitrogen and oxygen atoms in total. The van der Waals surface area contributed by atoms with E-state index in [-0.39, 0.29) is 12.0 Å². The number of nitrogens with one attached hydrogen (secondary N) is 1. The summed E-state index contributed by atoms with van der Waals surface area (Å²) in [6, 6.07) is 1.65. The molecule has 0 radical (unpaired) electrons. The largest absolute Gasteiger partial charge is 0.465 e. The first-order valence-electron chi connectivity index (χ1n) is 6.24. The van der Waals surface area contributed by atoms with Gasteiger partial charge in [-0.2, -0.15) is 0 Å². The van der Waals surface area contributed by atoms with Crippen molar-refractivity contribution in [1.29, 1.82) is 0 Å². The van der Waals surface area contributed by atoms with E-state index in [1.807, 2.05) is 19.9 Å². The molecule has 2 rings (SSSR count). The van der Waals surface area contributed by atoms with E-state index in [9.17, 15) is 4.79 Å². The molecule has 0 aliphatic carbocycles. The Kier molecular flexibility index (Phi) is 4.33. The van der Waals surface area contributed by atoms with E-state index >= 15 is 0 Å². The summed E-state index contributed by atoms with van der Waals surface area (Å²) in [5, 5.41) is 7.17. The molecule has 2 heterocycles. The van der Waals surface area contributed by atoms with Crippen LogP contribution in [0.25, 0.3) is 0 Å². The Hall–Kier alpha value is -1.40. The summed E-state index contributed by atoms with van der Waals surface area (Å²) < 4.78 is 10.1. The van der Waals surface area contributed by atoms with Crippen LogP contribution in [0.15, 0.2) is 10.6 Å². The molecule has 1 aromatic heterocycles. The maximum absolute atomic E-state index is 11.9. The van der Waals surface area contributed by atoms with Crippen LogP contribution in [0.1, 0.15) is 18.4 Å². The summed E-state index contributed by atoms with van der Waals surface area (Å²) in [5.74, 6) is 0.609. The van der Waals surface area contributed by atoms with E-state index in [1.54, 1.807) is 0 Å². The fraction of sp³-hybridized carbons (Fsp3) is 0.667. The molecule has 0 bridgehead atoms. The summed E-state index contributed by atoms with van der Waals surface area (Å²) in [6.07, 6.45) is 0. The molecule has 1 fully saturated rings. The Morgan fingerprint density at radius 3 is 3.22 bits per heavy atom. The van der Waals surface area contributed by atoms with Crippen molar-refractivity contribution in [2.45, 2.75) is 26.4 Å². The second kappa shape index (κ2) is 5.97.